The highest BCUT2D eigenvalue weighted by Crippen LogP contribution is 2.49. The van der Waals surface area contributed by atoms with Crippen molar-refractivity contribution in [2.75, 3.05) is 0 Å². The number of para-hydroxylation sites is 1. The van der Waals surface area contributed by atoms with Gasteiger partial charge in [-0.25, -0.2) is 0 Å². The van der Waals surface area contributed by atoms with Crippen LogP contribution in [0.3, 0.4) is 0 Å². The minimum absolute atomic E-state index is 0.146. The second kappa shape index (κ2) is 4.39. The first kappa shape index (κ1) is 14.3. The minimum Gasteiger partial charge on any atom is -0.483 e. The van der Waals surface area contributed by atoms with E-state index in [0.717, 1.165) is 29.6 Å². The van der Waals surface area contributed by atoms with Gasteiger partial charge in [-0.2, -0.15) is 0 Å². The molecule has 2 fully saturated rings. The molecule has 22 heavy (non-hydrogen) atoms. The summed E-state index contributed by atoms with van der Waals surface area (Å²) in [6.45, 7) is 8.38. The Hall–Kier alpha value is -1.26. The summed E-state index contributed by atoms with van der Waals surface area (Å²) in [5, 5.41) is 0. The number of benzene rings is 1. The molecule has 0 amide bonds. The summed E-state index contributed by atoms with van der Waals surface area (Å²) < 4.78 is 18.8. The van der Waals surface area contributed by atoms with Gasteiger partial charge in [0.25, 0.3) is 0 Å². The van der Waals surface area contributed by atoms with E-state index in [1.54, 1.807) is 0 Å². The summed E-state index contributed by atoms with van der Waals surface area (Å²) in [4.78, 5) is 0. The summed E-state index contributed by atoms with van der Waals surface area (Å²) in [5.41, 5.74) is 1.43. The molecule has 4 heteroatoms. The molecule has 0 atom stereocenters. The smallest absolute Gasteiger partial charge is 0.483 e. The molecule has 0 bridgehead atoms. The minimum atomic E-state index is -0.326. The van der Waals surface area contributed by atoms with Crippen LogP contribution in [0.5, 0.6) is 5.75 Å². The van der Waals surface area contributed by atoms with Crippen LogP contribution in [0, 0.1) is 0 Å². The van der Waals surface area contributed by atoms with Gasteiger partial charge in [-0.15, -0.1) is 0 Å². The molecule has 3 nitrogen and oxygen atoms in total. The Kier molecular flexibility index (Phi) is 2.86. The van der Waals surface area contributed by atoms with E-state index < -0.39 is 0 Å². The van der Waals surface area contributed by atoms with Crippen LogP contribution in [-0.4, -0.2) is 23.9 Å². The van der Waals surface area contributed by atoms with Crippen LogP contribution < -0.4 is 4.74 Å². The monoisotopic (exact) mass is 298 g/mol. The first-order valence-corrected chi connectivity index (χ1v) is 8.19. The van der Waals surface area contributed by atoms with Crippen molar-refractivity contribution < 1.29 is 14.0 Å². The fourth-order valence-corrected chi connectivity index (χ4v) is 3.34. The van der Waals surface area contributed by atoms with E-state index in [1.807, 2.05) is 18.2 Å². The maximum Gasteiger partial charge on any atom is 0.495 e. The van der Waals surface area contributed by atoms with Crippen molar-refractivity contribution in [1.29, 1.82) is 0 Å². The van der Waals surface area contributed by atoms with Crippen LogP contribution in [-0.2, 0) is 9.31 Å². The summed E-state index contributed by atoms with van der Waals surface area (Å²) in [6.07, 6.45) is 5.62. The zero-order chi connectivity index (χ0) is 15.6. The largest absolute Gasteiger partial charge is 0.495 e. The Morgan fingerprint density at radius 3 is 2.18 bits per heavy atom. The lowest BCUT2D eigenvalue weighted by atomic mass is 9.67. The summed E-state index contributed by atoms with van der Waals surface area (Å²) in [6, 6.07) is 8.21. The molecule has 0 unspecified atom stereocenters. The molecular weight excluding hydrogens is 275 g/mol. The Bertz CT molecular complexity index is 627. The quantitative estimate of drug-likeness (QED) is 0.733. The molecular formula is C18H23BO3. The lowest BCUT2D eigenvalue weighted by Gasteiger charge is -2.43. The molecule has 0 aromatic heterocycles. The highest BCUT2D eigenvalue weighted by atomic mass is 16.7. The summed E-state index contributed by atoms with van der Waals surface area (Å²) in [5.74, 6) is 0.953. The average Bonchev–Trinajstić information content (AvgIpc) is 2.64. The van der Waals surface area contributed by atoms with Gasteiger partial charge in [0, 0.05) is 5.56 Å². The predicted octanol–water partition coefficient (Wildman–Crippen LogP) is 4.02. The maximum atomic E-state index is 6.28. The van der Waals surface area contributed by atoms with Crippen LogP contribution in [0.1, 0.15) is 52.5 Å². The van der Waals surface area contributed by atoms with Gasteiger partial charge in [0.05, 0.1) is 11.2 Å². The highest BCUT2D eigenvalue weighted by Gasteiger charge is 2.54. The molecule has 116 valence electrons. The standard InChI is InChI=1S/C18H23BO3/c1-16(2)17(3,4)22-19(21-16)14-12-18(10-7-11-18)20-15-9-6-5-8-13(14)15/h5-6,8-9,12H,7,10-11H2,1-4H3. The number of hydrogen-bond acceptors (Lipinski definition) is 3. The molecule has 1 spiro atoms. The van der Waals surface area contributed by atoms with E-state index in [0.29, 0.717) is 0 Å². The highest BCUT2D eigenvalue weighted by molar-refractivity contribution is 6.69. The molecule has 2 heterocycles. The van der Waals surface area contributed by atoms with Crippen molar-refractivity contribution in [2.24, 2.45) is 0 Å². The zero-order valence-corrected chi connectivity index (χ0v) is 13.8. The molecule has 2 aliphatic heterocycles. The first-order valence-electron chi connectivity index (χ1n) is 8.19. The van der Waals surface area contributed by atoms with Crippen molar-refractivity contribution in [3.63, 3.8) is 0 Å². The molecule has 4 rings (SSSR count). The van der Waals surface area contributed by atoms with Gasteiger partial charge >= 0.3 is 7.12 Å². The second-order valence-corrected chi connectivity index (χ2v) is 7.70. The van der Waals surface area contributed by atoms with E-state index in [4.69, 9.17) is 14.0 Å². The van der Waals surface area contributed by atoms with Gasteiger partial charge in [0.1, 0.15) is 11.4 Å². The third-order valence-electron chi connectivity index (χ3n) is 5.64. The van der Waals surface area contributed by atoms with Crippen molar-refractivity contribution in [3.8, 4) is 5.75 Å². The van der Waals surface area contributed by atoms with Crippen molar-refractivity contribution in [3.05, 3.63) is 35.9 Å². The summed E-state index contributed by atoms with van der Waals surface area (Å²) >= 11 is 0. The number of ether oxygens (including phenoxy) is 1. The van der Waals surface area contributed by atoms with Gasteiger partial charge in [-0.1, -0.05) is 18.2 Å². The lowest BCUT2D eigenvalue weighted by molar-refractivity contribution is 0.00578. The van der Waals surface area contributed by atoms with Gasteiger partial charge in [0.15, 0.2) is 0 Å². The van der Waals surface area contributed by atoms with Gasteiger partial charge in [-0.05, 0) is 64.6 Å². The number of rotatable bonds is 1. The lowest BCUT2D eigenvalue weighted by Crippen LogP contribution is -2.44. The Labute approximate surface area is 132 Å². The molecule has 1 aliphatic carbocycles. The summed E-state index contributed by atoms with van der Waals surface area (Å²) in [7, 11) is -0.326. The van der Waals surface area contributed by atoms with Crippen LogP contribution in [0.2, 0.25) is 0 Å². The zero-order valence-electron chi connectivity index (χ0n) is 13.8. The fraction of sp³-hybridized carbons (Fsp3) is 0.556. The first-order chi connectivity index (χ1) is 10.3. The Morgan fingerprint density at radius 1 is 0.955 bits per heavy atom. The van der Waals surface area contributed by atoms with Crippen molar-refractivity contribution in [2.45, 2.75) is 63.8 Å². The molecule has 1 aromatic rings. The van der Waals surface area contributed by atoms with E-state index >= 15 is 0 Å². The molecule has 1 aromatic carbocycles. The number of hydrogen-bond donors (Lipinski definition) is 0. The van der Waals surface area contributed by atoms with Crippen LogP contribution in [0.4, 0.5) is 0 Å². The fourth-order valence-electron chi connectivity index (χ4n) is 3.34. The van der Waals surface area contributed by atoms with Gasteiger partial charge in [0.2, 0.25) is 0 Å². The van der Waals surface area contributed by atoms with E-state index in [-0.39, 0.29) is 23.9 Å². The van der Waals surface area contributed by atoms with Crippen LogP contribution in [0.15, 0.2) is 30.3 Å². The topological polar surface area (TPSA) is 27.7 Å². The van der Waals surface area contributed by atoms with E-state index in [2.05, 4.69) is 39.8 Å². The van der Waals surface area contributed by atoms with Crippen molar-refractivity contribution >= 4 is 12.6 Å². The Balaban J connectivity index is 1.76. The maximum absolute atomic E-state index is 6.28. The van der Waals surface area contributed by atoms with E-state index in [9.17, 15) is 0 Å². The molecule has 1 saturated heterocycles. The molecule has 0 radical (unpaired) electrons. The molecule has 3 aliphatic rings. The second-order valence-electron chi connectivity index (χ2n) is 7.70. The van der Waals surface area contributed by atoms with Gasteiger partial charge in [-0.3, -0.25) is 0 Å². The third kappa shape index (κ3) is 1.97. The predicted molar refractivity (Wildman–Crippen MR) is 87.7 cm³/mol. The molecule has 1 saturated carbocycles. The SMILES string of the molecule is CC1(C)OB(C2=CC3(CCC3)Oc3ccccc32)OC1(C)C. The Morgan fingerprint density at radius 2 is 1.59 bits per heavy atom. The third-order valence-corrected chi connectivity index (χ3v) is 5.64. The van der Waals surface area contributed by atoms with E-state index in [1.165, 1.54) is 6.42 Å². The molecule has 0 N–H and O–H groups in total. The van der Waals surface area contributed by atoms with Crippen LogP contribution >= 0.6 is 0 Å². The van der Waals surface area contributed by atoms with Crippen LogP contribution in [0.25, 0.3) is 5.47 Å². The average molecular weight is 298 g/mol. The van der Waals surface area contributed by atoms with Crippen molar-refractivity contribution in [1.82, 2.24) is 0 Å². The normalized spacial score (nSPS) is 26.9. The van der Waals surface area contributed by atoms with Gasteiger partial charge < -0.3 is 14.0 Å². The number of fused-ring (bicyclic) bond motifs is 1.